The van der Waals surface area contributed by atoms with Crippen molar-refractivity contribution in [2.45, 2.75) is 13.0 Å². The Kier molecular flexibility index (Phi) is 5.68. The lowest BCUT2D eigenvalue weighted by Crippen LogP contribution is -2.20. The molecule has 5 rings (SSSR count). The Morgan fingerprint density at radius 2 is 1.39 bits per heavy atom. The van der Waals surface area contributed by atoms with E-state index in [0.29, 0.717) is 39.0 Å². The summed E-state index contributed by atoms with van der Waals surface area (Å²) in [4.78, 5) is 26.0. The van der Waals surface area contributed by atoms with Crippen molar-refractivity contribution in [3.8, 4) is 5.75 Å². The zero-order chi connectivity index (χ0) is 22.8. The maximum Gasteiger partial charge on any atom is 0.331 e. The summed E-state index contributed by atoms with van der Waals surface area (Å²) in [5.74, 6) is 0.0495. The molecule has 0 aliphatic carbocycles. The first kappa shape index (κ1) is 21.0. The summed E-state index contributed by atoms with van der Waals surface area (Å²) in [6, 6.07) is 29.8. The summed E-state index contributed by atoms with van der Waals surface area (Å²) in [7, 11) is 0. The Labute approximate surface area is 195 Å². The van der Waals surface area contributed by atoms with Gasteiger partial charge in [-0.15, -0.1) is 0 Å². The molecule has 0 spiro atoms. The summed E-state index contributed by atoms with van der Waals surface area (Å²) in [5, 5.41) is 1.72. The van der Waals surface area contributed by atoms with Gasteiger partial charge in [0.25, 0.3) is 0 Å². The minimum absolute atomic E-state index is 0.0330. The van der Waals surface area contributed by atoms with Gasteiger partial charge in [-0.2, -0.15) is 0 Å². The first-order valence-electron chi connectivity index (χ1n) is 10.6. The third-order valence-corrected chi connectivity index (χ3v) is 5.88. The first-order valence-corrected chi connectivity index (χ1v) is 11.0. The number of pyridine rings is 1. The number of benzene rings is 4. The molecule has 0 radical (unpaired) electrons. The van der Waals surface area contributed by atoms with Gasteiger partial charge in [-0.1, -0.05) is 66.2 Å². The van der Waals surface area contributed by atoms with Crippen molar-refractivity contribution >= 4 is 39.4 Å². The van der Waals surface area contributed by atoms with Gasteiger partial charge < -0.3 is 9.30 Å². The fourth-order valence-corrected chi connectivity index (χ4v) is 4.33. The van der Waals surface area contributed by atoms with Crippen molar-refractivity contribution in [2.75, 3.05) is 0 Å². The fraction of sp³-hybridized carbons (Fsp3) is 0.0714. The summed E-state index contributed by atoms with van der Waals surface area (Å²) < 4.78 is 7.64. The van der Waals surface area contributed by atoms with Crippen LogP contribution < -0.4 is 10.2 Å². The second-order valence-electron chi connectivity index (χ2n) is 7.84. The van der Waals surface area contributed by atoms with Crippen LogP contribution >= 0.6 is 11.6 Å². The Morgan fingerprint density at radius 3 is 2.06 bits per heavy atom. The van der Waals surface area contributed by atoms with Crippen molar-refractivity contribution in [2.24, 2.45) is 0 Å². The van der Waals surface area contributed by atoms with Crippen LogP contribution in [-0.2, 0) is 17.8 Å². The second-order valence-corrected chi connectivity index (χ2v) is 8.27. The largest absolute Gasteiger partial charge is 0.425 e. The van der Waals surface area contributed by atoms with E-state index in [0.717, 1.165) is 11.1 Å². The van der Waals surface area contributed by atoms with Gasteiger partial charge in [-0.3, -0.25) is 4.79 Å². The molecule has 5 heteroatoms. The molecule has 0 saturated carbocycles. The van der Waals surface area contributed by atoms with E-state index in [1.54, 1.807) is 24.3 Å². The maximum absolute atomic E-state index is 13.1. The van der Waals surface area contributed by atoms with E-state index in [2.05, 4.69) is 0 Å². The molecule has 1 heterocycles. The maximum atomic E-state index is 13.1. The predicted molar refractivity (Wildman–Crippen MR) is 132 cm³/mol. The zero-order valence-corrected chi connectivity index (χ0v) is 18.5. The number of halogens is 1. The third kappa shape index (κ3) is 4.26. The Bertz CT molecular complexity index is 1480. The van der Waals surface area contributed by atoms with E-state index in [9.17, 15) is 9.59 Å². The molecule has 0 saturated heterocycles. The average Bonchev–Trinajstić information content (AvgIpc) is 2.84. The van der Waals surface area contributed by atoms with Crippen LogP contribution in [0.4, 0.5) is 0 Å². The standard InChI is InChI=1S/C28H20ClNO3/c29-21-14-15-26(20(17-21)16-19-8-2-1-3-9-19)33-27(31)18-30-24-12-6-4-10-22(24)28(32)23-11-5-7-13-25(23)30/h1-15,17H,16,18H2. The molecule has 0 aliphatic heterocycles. The number of aromatic nitrogens is 1. The van der Waals surface area contributed by atoms with E-state index in [1.165, 1.54) is 0 Å². The molecule has 0 fully saturated rings. The molecule has 0 bridgehead atoms. The van der Waals surface area contributed by atoms with Crippen LogP contribution in [0.1, 0.15) is 11.1 Å². The molecule has 0 amide bonds. The molecule has 0 N–H and O–H groups in total. The number of nitrogens with zero attached hydrogens (tertiary/aromatic N) is 1. The van der Waals surface area contributed by atoms with E-state index in [4.69, 9.17) is 16.3 Å². The molecule has 0 unspecified atom stereocenters. The topological polar surface area (TPSA) is 48.3 Å². The zero-order valence-electron chi connectivity index (χ0n) is 17.7. The Morgan fingerprint density at radius 1 is 0.788 bits per heavy atom. The SMILES string of the molecule is O=C(Cn1c2ccccc2c(=O)c2ccccc21)Oc1ccc(Cl)cc1Cc1ccccc1. The number of carbonyl (C=O) groups is 1. The predicted octanol–water partition coefficient (Wildman–Crippen LogP) is 6.00. The second kappa shape index (κ2) is 8.93. The summed E-state index contributed by atoms with van der Waals surface area (Å²) in [6.45, 7) is -0.0330. The molecular formula is C28H20ClNO3. The lowest BCUT2D eigenvalue weighted by Gasteiger charge is -2.16. The van der Waals surface area contributed by atoms with Gasteiger partial charge in [0.15, 0.2) is 5.43 Å². The number of carbonyl (C=O) groups excluding carboxylic acids is 1. The molecule has 5 aromatic rings. The van der Waals surface area contributed by atoms with Gasteiger partial charge in [-0.25, -0.2) is 4.79 Å². The molecule has 162 valence electrons. The van der Waals surface area contributed by atoms with E-state index < -0.39 is 5.97 Å². The number of fused-ring (bicyclic) bond motifs is 2. The first-order chi connectivity index (χ1) is 16.1. The molecule has 0 aliphatic rings. The number of hydrogen-bond donors (Lipinski definition) is 0. The van der Waals surface area contributed by atoms with Crippen molar-refractivity contribution in [3.63, 3.8) is 0 Å². The molecule has 4 aromatic carbocycles. The van der Waals surface area contributed by atoms with Crippen LogP contribution in [-0.4, -0.2) is 10.5 Å². The highest BCUT2D eigenvalue weighted by molar-refractivity contribution is 6.30. The van der Waals surface area contributed by atoms with E-state index in [-0.39, 0.29) is 12.0 Å². The highest BCUT2D eigenvalue weighted by atomic mass is 35.5. The summed E-state index contributed by atoms with van der Waals surface area (Å²) in [5.41, 5.74) is 3.26. The molecule has 4 nitrogen and oxygen atoms in total. The van der Waals surface area contributed by atoms with Crippen LogP contribution in [0.25, 0.3) is 21.8 Å². The lowest BCUT2D eigenvalue weighted by molar-refractivity contribution is -0.134. The third-order valence-electron chi connectivity index (χ3n) is 5.65. The molecule has 1 aromatic heterocycles. The number of rotatable bonds is 5. The van der Waals surface area contributed by atoms with Crippen molar-refractivity contribution in [1.29, 1.82) is 0 Å². The molecular weight excluding hydrogens is 434 g/mol. The summed E-state index contributed by atoms with van der Waals surface area (Å²) >= 11 is 6.22. The normalized spacial score (nSPS) is 11.1. The van der Waals surface area contributed by atoms with E-state index in [1.807, 2.05) is 77.4 Å². The minimum Gasteiger partial charge on any atom is -0.425 e. The quantitative estimate of drug-likeness (QED) is 0.186. The van der Waals surface area contributed by atoms with Gasteiger partial charge in [-0.05, 0) is 48.0 Å². The van der Waals surface area contributed by atoms with Crippen molar-refractivity contribution in [1.82, 2.24) is 4.57 Å². The van der Waals surface area contributed by atoms with Crippen molar-refractivity contribution < 1.29 is 9.53 Å². The number of ether oxygens (including phenoxy) is 1. The number of hydrogen-bond acceptors (Lipinski definition) is 3. The van der Waals surface area contributed by atoms with Crippen molar-refractivity contribution in [3.05, 3.63) is 123 Å². The van der Waals surface area contributed by atoms with Crippen LogP contribution in [0.2, 0.25) is 5.02 Å². The molecule has 33 heavy (non-hydrogen) atoms. The summed E-state index contributed by atoms with van der Waals surface area (Å²) in [6.07, 6.45) is 0.591. The van der Waals surface area contributed by atoms with Crippen LogP contribution in [0.3, 0.4) is 0 Å². The van der Waals surface area contributed by atoms with Gasteiger partial charge in [0.1, 0.15) is 12.3 Å². The highest BCUT2D eigenvalue weighted by Gasteiger charge is 2.16. The van der Waals surface area contributed by atoms with Gasteiger partial charge in [0.2, 0.25) is 0 Å². The van der Waals surface area contributed by atoms with Gasteiger partial charge in [0, 0.05) is 27.8 Å². The Hall–Kier alpha value is -3.89. The Balaban J connectivity index is 1.51. The minimum atomic E-state index is -0.425. The van der Waals surface area contributed by atoms with Crippen LogP contribution in [0.15, 0.2) is 102 Å². The highest BCUT2D eigenvalue weighted by Crippen LogP contribution is 2.26. The van der Waals surface area contributed by atoms with Crippen LogP contribution in [0, 0.1) is 0 Å². The average molecular weight is 454 g/mol. The van der Waals surface area contributed by atoms with Gasteiger partial charge >= 0.3 is 5.97 Å². The number of esters is 1. The smallest absolute Gasteiger partial charge is 0.331 e. The van der Waals surface area contributed by atoms with E-state index >= 15 is 0 Å². The fourth-order valence-electron chi connectivity index (χ4n) is 4.13. The lowest BCUT2D eigenvalue weighted by atomic mass is 10.0. The van der Waals surface area contributed by atoms with Crippen LogP contribution in [0.5, 0.6) is 5.75 Å². The monoisotopic (exact) mass is 453 g/mol. The van der Waals surface area contributed by atoms with Gasteiger partial charge in [0.05, 0.1) is 11.0 Å². The number of para-hydroxylation sites is 2. The molecule has 0 atom stereocenters.